The molecule has 1 heterocycles. The molecule has 0 unspecified atom stereocenters. The van der Waals surface area contributed by atoms with Gasteiger partial charge in [-0.15, -0.1) is 11.3 Å². The Bertz CT molecular complexity index is 595. The summed E-state index contributed by atoms with van der Waals surface area (Å²) in [5, 5.41) is 4.22. The van der Waals surface area contributed by atoms with E-state index >= 15 is 0 Å². The van der Waals surface area contributed by atoms with Gasteiger partial charge in [0.1, 0.15) is 0 Å². The third-order valence-corrected chi connectivity index (χ3v) is 3.51. The first-order valence-corrected chi connectivity index (χ1v) is 6.55. The molecule has 100 valence electrons. The smallest absolute Gasteiger partial charge is 0.337 e. The number of nitrogens with zero attached hydrogens (tertiary/aromatic N) is 1. The predicted molar refractivity (Wildman–Crippen MR) is 76.4 cm³/mol. The summed E-state index contributed by atoms with van der Waals surface area (Å²) < 4.78 is 4.68. The lowest BCUT2D eigenvalue weighted by Gasteiger charge is -2.09. The summed E-state index contributed by atoms with van der Waals surface area (Å²) in [4.78, 5) is 16.8. The van der Waals surface area contributed by atoms with Crippen molar-refractivity contribution >= 4 is 28.7 Å². The maximum Gasteiger partial charge on any atom is 0.337 e. The van der Waals surface area contributed by atoms with Crippen LogP contribution in [0, 0.1) is 6.92 Å². The van der Waals surface area contributed by atoms with Crippen molar-refractivity contribution in [1.29, 1.82) is 0 Å². The van der Waals surface area contributed by atoms with Gasteiger partial charge in [-0.3, -0.25) is 0 Å². The van der Waals surface area contributed by atoms with E-state index in [1.807, 2.05) is 13.1 Å². The van der Waals surface area contributed by atoms with Gasteiger partial charge in [0.15, 0.2) is 0 Å². The van der Waals surface area contributed by atoms with Crippen LogP contribution in [-0.2, 0) is 11.3 Å². The number of hydrogen-bond donors (Lipinski definition) is 2. The number of aryl methyl sites for hydroxylation is 1. The van der Waals surface area contributed by atoms with Crippen LogP contribution < -0.4 is 11.1 Å². The fourth-order valence-electron chi connectivity index (χ4n) is 1.62. The Morgan fingerprint density at radius 2 is 2.32 bits per heavy atom. The molecule has 0 saturated carbocycles. The average molecular weight is 277 g/mol. The molecular weight excluding hydrogens is 262 g/mol. The fraction of sp³-hybridized carbons (Fsp3) is 0.231. The highest BCUT2D eigenvalue weighted by molar-refractivity contribution is 7.11. The monoisotopic (exact) mass is 277 g/mol. The highest BCUT2D eigenvalue weighted by Crippen LogP contribution is 2.22. The van der Waals surface area contributed by atoms with Crippen molar-refractivity contribution in [2.75, 3.05) is 18.2 Å². The summed E-state index contributed by atoms with van der Waals surface area (Å²) in [7, 11) is 1.35. The molecular formula is C13H15N3O2S. The summed E-state index contributed by atoms with van der Waals surface area (Å²) in [5.74, 6) is -0.378. The lowest BCUT2D eigenvalue weighted by Crippen LogP contribution is -2.05. The van der Waals surface area contributed by atoms with Gasteiger partial charge in [-0.05, 0) is 25.1 Å². The Morgan fingerprint density at radius 1 is 1.53 bits per heavy atom. The zero-order valence-electron chi connectivity index (χ0n) is 10.8. The zero-order valence-corrected chi connectivity index (χ0v) is 11.6. The minimum Gasteiger partial charge on any atom is -0.465 e. The van der Waals surface area contributed by atoms with Crippen LogP contribution in [0.5, 0.6) is 0 Å². The second-order valence-electron chi connectivity index (χ2n) is 3.99. The van der Waals surface area contributed by atoms with E-state index in [0.29, 0.717) is 23.5 Å². The second-order valence-corrected chi connectivity index (χ2v) is 5.31. The van der Waals surface area contributed by atoms with Crippen molar-refractivity contribution in [3.63, 3.8) is 0 Å². The highest BCUT2D eigenvalue weighted by atomic mass is 32.1. The predicted octanol–water partition coefficient (Wildman–Crippen LogP) is 2.43. The Kier molecular flexibility index (Phi) is 4.01. The van der Waals surface area contributed by atoms with Gasteiger partial charge in [0.25, 0.3) is 0 Å². The van der Waals surface area contributed by atoms with Gasteiger partial charge in [-0.1, -0.05) is 0 Å². The number of nitrogens with one attached hydrogen (secondary N) is 1. The van der Waals surface area contributed by atoms with Crippen LogP contribution in [0.3, 0.4) is 0 Å². The van der Waals surface area contributed by atoms with Crippen LogP contribution in [0.25, 0.3) is 0 Å². The lowest BCUT2D eigenvalue weighted by atomic mass is 10.1. The largest absolute Gasteiger partial charge is 0.465 e. The molecule has 0 fully saturated rings. The molecule has 0 radical (unpaired) electrons. The SMILES string of the molecule is COC(=O)c1ccc(N)c(NCc2cnc(C)s2)c1. The van der Waals surface area contributed by atoms with E-state index in [9.17, 15) is 4.79 Å². The molecule has 3 N–H and O–H groups in total. The Hall–Kier alpha value is -2.08. The molecule has 6 heteroatoms. The Balaban J connectivity index is 2.12. The molecule has 1 aromatic carbocycles. The number of carbonyl (C=O) groups excluding carboxylic acids is 1. The average Bonchev–Trinajstić information content (AvgIpc) is 2.82. The number of esters is 1. The molecule has 19 heavy (non-hydrogen) atoms. The minimum atomic E-state index is -0.378. The standard InChI is InChI=1S/C13H15N3O2S/c1-8-15-6-10(19-8)7-16-12-5-9(13(17)18-2)3-4-11(12)14/h3-6,16H,7,14H2,1-2H3. The maximum atomic E-state index is 11.5. The normalized spacial score (nSPS) is 10.2. The van der Waals surface area contributed by atoms with Crippen molar-refractivity contribution in [1.82, 2.24) is 4.98 Å². The van der Waals surface area contributed by atoms with Crippen LogP contribution in [0.4, 0.5) is 11.4 Å². The third kappa shape index (κ3) is 3.23. The van der Waals surface area contributed by atoms with Crippen LogP contribution in [0.15, 0.2) is 24.4 Å². The number of methoxy groups -OCH3 is 1. The van der Waals surface area contributed by atoms with Crippen molar-refractivity contribution in [2.24, 2.45) is 0 Å². The van der Waals surface area contributed by atoms with Crippen molar-refractivity contribution in [2.45, 2.75) is 13.5 Å². The zero-order chi connectivity index (χ0) is 13.8. The number of thiazole rings is 1. The van der Waals surface area contributed by atoms with Crippen LogP contribution in [-0.4, -0.2) is 18.1 Å². The molecule has 0 saturated heterocycles. The van der Waals surface area contributed by atoms with E-state index in [-0.39, 0.29) is 5.97 Å². The van der Waals surface area contributed by atoms with E-state index in [2.05, 4.69) is 15.0 Å². The number of hydrogen-bond acceptors (Lipinski definition) is 6. The van der Waals surface area contributed by atoms with Crippen LogP contribution in [0.1, 0.15) is 20.2 Å². The van der Waals surface area contributed by atoms with Gasteiger partial charge in [-0.25, -0.2) is 9.78 Å². The summed E-state index contributed by atoms with van der Waals surface area (Å²) >= 11 is 1.62. The van der Waals surface area contributed by atoms with E-state index in [4.69, 9.17) is 5.73 Å². The highest BCUT2D eigenvalue weighted by Gasteiger charge is 2.08. The van der Waals surface area contributed by atoms with E-state index in [0.717, 1.165) is 9.88 Å². The number of anilines is 2. The molecule has 0 amide bonds. The Morgan fingerprint density at radius 3 is 2.95 bits per heavy atom. The molecule has 0 spiro atoms. The number of aromatic nitrogens is 1. The van der Waals surface area contributed by atoms with Crippen LogP contribution in [0.2, 0.25) is 0 Å². The van der Waals surface area contributed by atoms with Crippen molar-refractivity contribution in [3.8, 4) is 0 Å². The van der Waals surface area contributed by atoms with E-state index < -0.39 is 0 Å². The van der Waals surface area contributed by atoms with E-state index in [1.165, 1.54) is 7.11 Å². The van der Waals surface area contributed by atoms with Gasteiger partial charge in [0, 0.05) is 11.1 Å². The van der Waals surface area contributed by atoms with E-state index in [1.54, 1.807) is 29.5 Å². The number of carbonyl (C=O) groups is 1. The van der Waals surface area contributed by atoms with Gasteiger partial charge in [0.2, 0.25) is 0 Å². The number of ether oxygens (including phenoxy) is 1. The molecule has 5 nitrogen and oxygen atoms in total. The van der Waals surface area contributed by atoms with Gasteiger partial charge in [0.05, 0.1) is 35.6 Å². The first-order chi connectivity index (χ1) is 9.10. The van der Waals surface area contributed by atoms with Gasteiger partial charge >= 0.3 is 5.97 Å². The number of nitrogens with two attached hydrogens (primary N) is 1. The molecule has 0 aliphatic rings. The molecule has 0 aliphatic heterocycles. The number of benzene rings is 1. The minimum absolute atomic E-state index is 0.378. The van der Waals surface area contributed by atoms with Gasteiger partial charge < -0.3 is 15.8 Å². The maximum absolute atomic E-state index is 11.5. The summed E-state index contributed by atoms with van der Waals surface area (Å²) in [6.07, 6.45) is 1.83. The molecule has 0 bridgehead atoms. The summed E-state index contributed by atoms with van der Waals surface area (Å²) in [5.41, 5.74) is 7.65. The molecule has 2 rings (SSSR count). The van der Waals surface area contributed by atoms with Gasteiger partial charge in [-0.2, -0.15) is 0 Å². The van der Waals surface area contributed by atoms with Crippen LogP contribution >= 0.6 is 11.3 Å². The molecule has 2 aromatic rings. The lowest BCUT2D eigenvalue weighted by molar-refractivity contribution is 0.0601. The molecule has 0 aliphatic carbocycles. The van der Waals surface area contributed by atoms with Crippen molar-refractivity contribution < 1.29 is 9.53 Å². The summed E-state index contributed by atoms with van der Waals surface area (Å²) in [6, 6.07) is 5.02. The fourth-order valence-corrected chi connectivity index (χ4v) is 2.36. The topological polar surface area (TPSA) is 77.2 Å². The molecule has 0 atom stereocenters. The third-order valence-electron chi connectivity index (χ3n) is 2.60. The Labute approximate surface area is 115 Å². The molecule has 1 aromatic heterocycles. The number of rotatable bonds is 4. The first kappa shape index (κ1) is 13.4. The van der Waals surface area contributed by atoms with Crippen molar-refractivity contribution in [3.05, 3.63) is 39.8 Å². The first-order valence-electron chi connectivity index (χ1n) is 5.73. The quantitative estimate of drug-likeness (QED) is 0.663. The summed E-state index contributed by atoms with van der Waals surface area (Å²) in [6.45, 7) is 2.58. The number of nitrogen functional groups attached to an aromatic ring is 1. The second kappa shape index (κ2) is 5.71.